The number of anilines is 1. The Morgan fingerprint density at radius 3 is 2.64 bits per heavy atom. The smallest absolute Gasteiger partial charge is 0.407 e. The number of nitrogens with one attached hydrogen (secondary N) is 3. The van der Waals surface area contributed by atoms with Crippen LogP contribution >= 0.6 is 0 Å². The van der Waals surface area contributed by atoms with Gasteiger partial charge in [-0.05, 0) is 93.5 Å². The SMILES string of the molecule is C#Cc1c(F)ccc2cc(O)cc(-c3ncc4c(N5CC6CCC(C5)N6)nc(OCC56CCC(COC(=O)NCCCCCC#Cc7cccc8c7C(=O)N(C7CCC(=O)NC7=O)C8=O)N5CC(=C)C6)nc4c3CC)c12. The molecule has 5 unspecified atom stereocenters. The molecule has 5 amide bonds. The maximum absolute atomic E-state index is 15.2. The normalized spacial score (nSPS) is 22.9. The number of benzene rings is 3. The lowest BCUT2D eigenvalue weighted by molar-refractivity contribution is -0.136. The number of alkyl carbamates (subject to hydrolysis) is 1. The highest BCUT2D eigenvalue weighted by atomic mass is 19.1. The zero-order valence-electron chi connectivity index (χ0n) is 42.3. The van der Waals surface area contributed by atoms with Crippen LogP contribution in [0, 0.1) is 30.0 Å². The number of unbranched alkanes of at least 4 members (excludes halogenated alkanes) is 3. The molecule has 0 radical (unpaired) electrons. The second-order valence-corrected chi connectivity index (χ2v) is 20.8. The van der Waals surface area contributed by atoms with E-state index in [0.717, 1.165) is 78.9 Å². The fourth-order valence-corrected chi connectivity index (χ4v) is 12.4. The molecular weight excluding hydrogens is 970 g/mol. The molecule has 6 aliphatic rings. The zero-order chi connectivity index (χ0) is 52.8. The number of fused-ring (bicyclic) bond motifs is 6. The highest BCUT2D eigenvalue weighted by molar-refractivity contribution is 6.24. The molecule has 4 N–H and O–H groups in total. The third kappa shape index (κ3) is 9.34. The minimum atomic E-state index is -1.05. The Labute approximate surface area is 439 Å². The largest absolute Gasteiger partial charge is 0.508 e. The monoisotopic (exact) mass is 1030 g/mol. The summed E-state index contributed by atoms with van der Waals surface area (Å²) in [6.07, 6.45) is 15.0. The molecule has 5 fully saturated rings. The molecule has 0 spiro atoms. The van der Waals surface area contributed by atoms with Crippen molar-refractivity contribution >= 4 is 57.2 Å². The molecule has 5 saturated heterocycles. The van der Waals surface area contributed by atoms with Crippen molar-refractivity contribution in [3.63, 3.8) is 0 Å². The van der Waals surface area contributed by atoms with Gasteiger partial charge in [-0.1, -0.05) is 55.4 Å². The van der Waals surface area contributed by atoms with E-state index in [1.54, 1.807) is 42.6 Å². The molecule has 8 heterocycles. The van der Waals surface area contributed by atoms with Gasteiger partial charge >= 0.3 is 12.1 Å². The van der Waals surface area contributed by atoms with Gasteiger partial charge in [0.05, 0.1) is 38.8 Å². The zero-order valence-corrected chi connectivity index (χ0v) is 42.3. The number of terminal acetylenes is 1. The van der Waals surface area contributed by atoms with Gasteiger partial charge in [0.15, 0.2) is 0 Å². The predicted octanol–water partition coefficient (Wildman–Crippen LogP) is 6.46. The molecule has 6 aliphatic heterocycles. The molecule has 18 heteroatoms. The highest BCUT2D eigenvalue weighted by Crippen LogP contribution is 2.45. The Balaban J connectivity index is 0.721. The van der Waals surface area contributed by atoms with Crippen LogP contribution in [0.25, 0.3) is 32.9 Å². The number of hydrogen-bond acceptors (Lipinski definition) is 14. The maximum Gasteiger partial charge on any atom is 0.407 e. The topological polar surface area (TPSA) is 209 Å². The first kappa shape index (κ1) is 50.2. The lowest BCUT2D eigenvalue weighted by Gasteiger charge is -2.35. The molecule has 11 rings (SSSR count). The number of imide groups is 2. The molecule has 2 bridgehead atoms. The predicted molar refractivity (Wildman–Crippen MR) is 281 cm³/mol. The van der Waals surface area contributed by atoms with E-state index in [2.05, 4.69) is 50.1 Å². The van der Waals surface area contributed by atoms with E-state index in [0.29, 0.717) is 84.0 Å². The number of aryl methyl sites for hydroxylation is 1. The summed E-state index contributed by atoms with van der Waals surface area (Å²) in [5, 5.41) is 21.6. The van der Waals surface area contributed by atoms with E-state index in [4.69, 9.17) is 30.8 Å². The summed E-state index contributed by atoms with van der Waals surface area (Å²) in [5.74, 6) is 6.59. The molecule has 390 valence electrons. The van der Waals surface area contributed by atoms with E-state index < -0.39 is 47.1 Å². The van der Waals surface area contributed by atoms with Gasteiger partial charge in [0.1, 0.15) is 36.6 Å². The van der Waals surface area contributed by atoms with Crippen molar-refractivity contribution < 1.29 is 42.9 Å². The quantitative estimate of drug-likeness (QED) is 0.0408. The van der Waals surface area contributed by atoms with Crippen LogP contribution in [0.5, 0.6) is 11.8 Å². The molecular formula is C58H58FN9O8. The van der Waals surface area contributed by atoms with Gasteiger partial charge in [-0.25, -0.2) is 9.18 Å². The average Bonchev–Trinajstić information content (AvgIpc) is 4.14. The molecule has 2 aromatic heterocycles. The van der Waals surface area contributed by atoms with E-state index in [-0.39, 0.29) is 60.5 Å². The summed E-state index contributed by atoms with van der Waals surface area (Å²) in [6, 6.07) is 10.7. The number of rotatable bonds is 14. The number of pyridine rings is 1. The van der Waals surface area contributed by atoms with E-state index in [1.165, 1.54) is 6.07 Å². The third-order valence-corrected chi connectivity index (χ3v) is 15.9. The first-order valence-corrected chi connectivity index (χ1v) is 26.3. The Kier molecular flexibility index (Phi) is 13.7. The van der Waals surface area contributed by atoms with Gasteiger partial charge in [-0.3, -0.25) is 39.3 Å². The number of carbonyl (C=O) groups is 5. The Morgan fingerprint density at radius 1 is 1.03 bits per heavy atom. The van der Waals surface area contributed by atoms with Crippen LogP contribution in [0.4, 0.5) is 15.0 Å². The highest BCUT2D eigenvalue weighted by Gasteiger charge is 2.52. The van der Waals surface area contributed by atoms with Crippen LogP contribution in [-0.2, 0) is 20.7 Å². The third-order valence-electron chi connectivity index (χ3n) is 15.9. The first-order chi connectivity index (χ1) is 36.8. The summed E-state index contributed by atoms with van der Waals surface area (Å²) in [6.45, 7) is 9.46. The summed E-state index contributed by atoms with van der Waals surface area (Å²) in [7, 11) is 0. The Morgan fingerprint density at radius 2 is 1.86 bits per heavy atom. The Hall–Kier alpha value is -7.93. The van der Waals surface area contributed by atoms with Crippen LogP contribution in [0.1, 0.15) is 115 Å². The minimum Gasteiger partial charge on any atom is -0.508 e. The maximum atomic E-state index is 15.2. The molecule has 17 nitrogen and oxygen atoms in total. The van der Waals surface area contributed by atoms with E-state index in [1.807, 2.05) is 6.92 Å². The fourth-order valence-electron chi connectivity index (χ4n) is 12.4. The second kappa shape index (κ2) is 20.7. The molecule has 3 aromatic carbocycles. The second-order valence-electron chi connectivity index (χ2n) is 20.8. The summed E-state index contributed by atoms with van der Waals surface area (Å²) in [4.78, 5) is 84.5. The van der Waals surface area contributed by atoms with Gasteiger partial charge in [0.25, 0.3) is 11.8 Å². The van der Waals surface area contributed by atoms with Crippen molar-refractivity contribution in [2.45, 2.75) is 114 Å². The van der Waals surface area contributed by atoms with Crippen LogP contribution in [-0.4, -0.2) is 129 Å². The van der Waals surface area contributed by atoms with Gasteiger partial charge in [-0.2, -0.15) is 9.97 Å². The molecule has 5 aromatic rings. The number of aromatic nitrogens is 3. The molecule has 0 saturated carbocycles. The molecule has 0 aliphatic carbocycles. The number of nitrogens with zero attached hydrogens (tertiary/aromatic N) is 6. The number of ether oxygens (including phenoxy) is 2. The summed E-state index contributed by atoms with van der Waals surface area (Å²) >= 11 is 0. The van der Waals surface area contributed by atoms with E-state index in [9.17, 15) is 29.1 Å². The molecule has 5 atom stereocenters. The lowest BCUT2D eigenvalue weighted by atomic mass is 9.93. The van der Waals surface area contributed by atoms with Crippen molar-refractivity contribution in [2.75, 3.05) is 44.3 Å². The average molecular weight is 1030 g/mol. The number of piperazine rings is 1. The van der Waals surface area contributed by atoms with Gasteiger partial charge in [0.2, 0.25) is 11.8 Å². The fraction of sp³-hybridized carbons (Fsp3) is 0.414. The lowest BCUT2D eigenvalue weighted by Crippen LogP contribution is -2.54. The molecule has 76 heavy (non-hydrogen) atoms. The van der Waals surface area contributed by atoms with Crippen molar-refractivity contribution in [1.82, 2.24) is 40.7 Å². The number of aromatic hydroxyl groups is 1. The van der Waals surface area contributed by atoms with Crippen molar-refractivity contribution in [2.24, 2.45) is 0 Å². The minimum absolute atomic E-state index is 0.000130. The number of amides is 5. The number of phenols is 1. The van der Waals surface area contributed by atoms with Crippen molar-refractivity contribution in [1.29, 1.82) is 0 Å². The van der Waals surface area contributed by atoms with Gasteiger partial charge in [-0.15, -0.1) is 6.42 Å². The van der Waals surface area contributed by atoms with Crippen LogP contribution in [0.2, 0.25) is 0 Å². The number of piperidine rings is 1. The van der Waals surface area contributed by atoms with Gasteiger partial charge in [0, 0.05) is 85.4 Å². The number of hydrogen-bond donors (Lipinski definition) is 4. The number of halogens is 1. The summed E-state index contributed by atoms with van der Waals surface area (Å²) in [5.41, 5.74) is 4.00. The van der Waals surface area contributed by atoms with Gasteiger partial charge < -0.3 is 30.1 Å². The number of carbonyl (C=O) groups excluding carboxylic acids is 5. The van der Waals surface area contributed by atoms with Crippen LogP contribution in [0.15, 0.2) is 60.8 Å². The van der Waals surface area contributed by atoms with Crippen LogP contribution < -0.4 is 25.6 Å². The first-order valence-electron chi connectivity index (χ1n) is 26.3. The van der Waals surface area contributed by atoms with Crippen molar-refractivity contribution in [3.05, 3.63) is 94.4 Å². The Bertz CT molecular complexity index is 3370. The van der Waals surface area contributed by atoms with E-state index >= 15 is 4.39 Å². The standard InChI is InChI=1S/C58H58FN9O8/c1-4-40-45(59)18-15-35-24-39(69)25-43(48(35)40)50-41(5-2)51-44(27-61-50)52(66-29-36-16-17-37(30-66)62-36)65-56(64-51)76-32-58-22-21-38(67(58)28-33(3)26-58)31-75-57(74)60-23-10-8-6-7-9-12-34-13-11-14-42-49(34)55(73)68(54(42)72)46-19-20-47(70)63-53(46)71/h1,11,13-15,18,24-25,27,36-38,46,62,69H,3,5-8,10,16-17,19-23,26,28-32H2,2H3,(H,60,74)(H,63,70,71). The van der Waals surface area contributed by atoms with Crippen molar-refractivity contribution in [3.8, 4) is 47.2 Å². The number of phenolic OH excluding ortho intramolecular Hbond substituents is 1. The van der Waals surface area contributed by atoms with Crippen LogP contribution in [0.3, 0.4) is 0 Å². The summed E-state index contributed by atoms with van der Waals surface area (Å²) < 4.78 is 27.8.